The summed E-state index contributed by atoms with van der Waals surface area (Å²) in [5, 5.41) is 8.64. The lowest BCUT2D eigenvalue weighted by atomic mass is 10.0. The number of hydrogen-bond acceptors (Lipinski definition) is 6. The van der Waals surface area contributed by atoms with Crippen molar-refractivity contribution < 1.29 is 0 Å². The van der Waals surface area contributed by atoms with Gasteiger partial charge in [0.25, 0.3) is 0 Å². The molecule has 4 heterocycles. The van der Waals surface area contributed by atoms with E-state index in [2.05, 4.69) is 44.1 Å². The summed E-state index contributed by atoms with van der Waals surface area (Å²) in [5.74, 6) is 2.57. The summed E-state index contributed by atoms with van der Waals surface area (Å²) in [6.45, 7) is 2.21. The van der Waals surface area contributed by atoms with Crippen LogP contribution in [0.15, 0.2) is 55.4 Å². The minimum atomic E-state index is 0.170. The van der Waals surface area contributed by atoms with E-state index in [1.807, 2.05) is 39.7 Å². The molecule has 0 bridgehead atoms. The van der Waals surface area contributed by atoms with E-state index in [4.69, 9.17) is 4.98 Å². The molecule has 8 heteroatoms. The number of hydrogen-bond donors (Lipinski definition) is 0. The van der Waals surface area contributed by atoms with Crippen LogP contribution in [0.2, 0.25) is 0 Å². The first-order valence-corrected chi connectivity index (χ1v) is 11.0. The molecule has 8 nitrogen and oxygen atoms in total. The summed E-state index contributed by atoms with van der Waals surface area (Å²) in [6.07, 6.45) is 13.3. The molecular weight excluding hydrogens is 388 g/mol. The van der Waals surface area contributed by atoms with E-state index < -0.39 is 0 Å². The summed E-state index contributed by atoms with van der Waals surface area (Å²) in [7, 11) is 0. The van der Waals surface area contributed by atoms with Crippen molar-refractivity contribution >= 4 is 5.82 Å². The number of fused-ring (bicyclic) bond motifs is 3. The lowest BCUT2D eigenvalue weighted by molar-refractivity contribution is 0.468. The Morgan fingerprint density at radius 1 is 1.03 bits per heavy atom. The van der Waals surface area contributed by atoms with E-state index in [0.717, 1.165) is 35.0 Å². The van der Waals surface area contributed by atoms with Gasteiger partial charge in [-0.05, 0) is 19.3 Å². The Kier molecular flexibility index (Phi) is 4.29. The Labute approximate surface area is 180 Å². The van der Waals surface area contributed by atoms with Crippen molar-refractivity contribution in [3.8, 4) is 22.9 Å². The predicted octanol–water partition coefficient (Wildman–Crippen LogP) is 4.12. The highest BCUT2D eigenvalue weighted by Crippen LogP contribution is 2.42. The van der Waals surface area contributed by atoms with Gasteiger partial charge in [0.05, 0.1) is 17.9 Å². The normalized spacial score (nSPS) is 18.2. The van der Waals surface area contributed by atoms with Crippen LogP contribution >= 0.6 is 0 Å². The smallest absolute Gasteiger partial charge is 0.237 e. The maximum absolute atomic E-state index is 5.05. The predicted molar refractivity (Wildman–Crippen MR) is 117 cm³/mol. The fourth-order valence-corrected chi connectivity index (χ4v) is 4.95. The van der Waals surface area contributed by atoms with Crippen LogP contribution in [0.3, 0.4) is 0 Å². The van der Waals surface area contributed by atoms with Gasteiger partial charge in [0.1, 0.15) is 18.3 Å². The molecule has 2 aliphatic rings. The van der Waals surface area contributed by atoms with E-state index >= 15 is 0 Å². The second-order valence-corrected chi connectivity index (χ2v) is 8.24. The number of aromatic nitrogens is 7. The maximum atomic E-state index is 5.05. The summed E-state index contributed by atoms with van der Waals surface area (Å²) >= 11 is 0. The van der Waals surface area contributed by atoms with Gasteiger partial charge in [-0.3, -0.25) is 9.13 Å². The molecule has 1 aliphatic heterocycles. The largest absolute Gasteiger partial charge is 0.341 e. The monoisotopic (exact) mass is 412 g/mol. The van der Waals surface area contributed by atoms with Crippen LogP contribution in [0, 0.1) is 0 Å². The van der Waals surface area contributed by atoms with Gasteiger partial charge in [0.2, 0.25) is 5.95 Å². The molecule has 1 aromatic carbocycles. The van der Waals surface area contributed by atoms with Gasteiger partial charge in [-0.1, -0.05) is 50.1 Å². The molecule has 4 aromatic rings. The van der Waals surface area contributed by atoms with Gasteiger partial charge >= 0.3 is 0 Å². The molecule has 0 N–H and O–H groups in total. The molecule has 1 aliphatic carbocycles. The second-order valence-electron chi connectivity index (χ2n) is 8.24. The molecular formula is C23H24N8. The van der Waals surface area contributed by atoms with Crippen LogP contribution in [0.25, 0.3) is 22.9 Å². The minimum Gasteiger partial charge on any atom is -0.341 e. The zero-order valence-corrected chi connectivity index (χ0v) is 17.5. The van der Waals surface area contributed by atoms with E-state index in [9.17, 15) is 0 Å². The Balaban J connectivity index is 1.46. The van der Waals surface area contributed by atoms with Crippen molar-refractivity contribution in [1.82, 2.24) is 34.3 Å². The average Bonchev–Trinajstić information content (AvgIpc) is 3.60. The first-order valence-electron chi connectivity index (χ1n) is 11.0. The molecule has 1 unspecified atom stereocenters. The molecule has 1 atom stereocenters. The lowest BCUT2D eigenvalue weighted by Crippen LogP contribution is -2.42. The molecule has 0 spiro atoms. The highest BCUT2D eigenvalue weighted by Gasteiger charge is 2.38. The Hall–Kier alpha value is -3.55. The van der Waals surface area contributed by atoms with Crippen LogP contribution in [0.1, 0.15) is 50.9 Å². The van der Waals surface area contributed by atoms with Crippen molar-refractivity contribution in [2.45, 2.75) is 51.1 Å². The molecule has 6 rings (SSSR count). The molecule has 1 fully saturated rings. The molecule has 156 valence electrons. The van der Waals surface area contributed by atoms with E-state index in [1.54, 1.807) is 12.7 Å². The number of rotatable bonds is 4. The van der Waals surface area contributed by atoms with Crippen LogP contribution in [0.4, 0.5) is 5.82 Å². The zero-order valence-electron chi connectivity index (χ0n) is 17.5. The number of benzene rings is 1. The molecule has 0 amide bonds. The van der Waals surface area contributed by atoms with E-state index in [-0.39, 0.29) is 6.04 Å². The fraction of sp³-hybridized carbons (Fsp3) is 0.348. The van der Waals surface area contributed by atoms with Gasteiger partial charge in [-0.15, -0.1) is 10.2 Å². The van der Waals surface area contributed by atoms with Gasteiger partial charge in [-0.25, -0.2) is 9.97 Å². The average molecular weight is 413 g/mol. The van der Waals surface area contributed by atoms with Gasteiger partial charge < -0.3 is 4.90 Å². The summed E-state index contributed by atoms with van der Waals surface area (Å²) in [5.41, 5.74) is 2.93. The summed E-state index contributed by atoms with van der Waals surface area (Å²) < 4.78 is 3.94. The Morgan fingerprint density at radius 2 is 1.87 bits per heavy atom. The number of imidazole rings is 1. The number of nitrogens with zero attached hydrogens (tertiary/aromatic N) is 8. The highest BCUT2D eigenvalue weighted by molar-refractivity contribution is 5.63. The molecule has 1 saturated carbocycles. The summed E-state index contributed by atoms with van der Waals surface area (Å²) in [4.78, 5) is 16.8. The third kappa shape index (κ3) is 2.93. The number of anilines is 1. The first kappa shape index (κ1) is 18.2. The van der Waals surface area contributed by atoms with E-state index in [0.29, 0.717) is 12.0 Å². The fourth-order valence-electron chi connectivity index (χ4n) is 4.95. The molecule has 3 aromatic heterocycles. The zero-order chi connectivity index (χ0) is 20.8. The molecule has 31 heavy (non-hydrogen) atoms. The third-order valence-corrected chi connectivity index (χ3v) is 6.44. The molecule has 0 saturated heterocycles. The lowest BCUT2D eigenvalue weighted by Gasteiger charge is -2.40. The molecule has 0 radical (unpaired) electrons. The minimum absolute atomic E-state index is 0.170. The van der Waals surface area contributed by atoms with E-state index in [1.165, 1.54) is 25.7 Å². The van der Waals surface area contributed by atoms with Crippen molar-refractivity contribution in [3.05, 3.63) is 61.2 Å². The van der Waals surface area contributed by atoms with Crippen LogP contribution < -0.4 is 4.90 Å². The Morgan fingerprint density at radius 3 is 2.68 bits per heavy atom. The maximum Gasteiger partial charge on any atom is 0.237 e. The summed E-state index contributed by atoms with van der Waals surface area (Å²) in [6, 6.07) is 10.8. The van der Waals surface area contributed by atoms with Crippen molar-refractivity contribution in [2.24, 2.45) is 0 Å². The van der Waals surface area contributed by atoms with Gasteiger partial charge in [0.15, 0.2) is 11.6 Å². The van der Waals surface area contributed by atoms with Crippen LogP contribution in [-0.2, 0) is 0 Å². The van der Waals surface area contributed by atoms with Gasteiger partial charge in [0, 0.05) is 17.8 Å². The Bertz CT molecular complexity index is 1210. The van der Waals surface area contributed by atoms with Crippen molar-refractivity contribution in [3.63, 3.8) is 0 Å². The standard InChI is InChI=1S/C23H24N8/c1-2-19-22-28-26-15-30(22)20-12-24-23(27-21(20)31(19)17-10-6-7-11-17)29-13-18(25-14-29)16-8-4-3-5-9-16/h3-5,8-9,12-15,17,19H,2,6-7,10-11H2,1H3. The van der Waals surface area contributed by atoms with Crippen molar-refractivity contribution in [2.75, 3.05) is 4.90 Å². The topological polar surface area (TPSA) is 77.5 Å². The second kappa shape index (κ2) is 7.30. The van der Waals surface area contributed by atoms with Crippen molar-refractivity contribution in [1.29, 1.82) is 0 Å². The van der Waals surface area contributed by atoms with Gasteiger partial charge in [-0.2, -0.15) is 4.98 Å². The van der Waals surface area contributed by atoms with Crippen LogP contribution in [-0.4, -0.2) is 40.3 Å². The quantitative estimate of drug-likeness (QED) is 0.502. The SMILES string of the molecule is CCC1c2nncn2-c2cnc(-n3cnc(-c4ccccc4)c3)nc2N1C1CCCC1. The third-order valence-electron chi connectivity index (χ3n) is 6.44. The van der Waals surface area contributed by atoms with Crippen LogP contribution in [0.5, 0.6) is 0 Å². The highest BCUT2D eigenvalue weighted by atomic mass is 15.4. The first-order chi connectivity index (χ1) is 15.3.